The average molecular weight is 245 g/mol. The number of hydrogen-bond acceptors (Lipinski definition) is 2. The largest absolute Gasteiger partial charge is 0.369 e. The predicted molar refractivity (Wildman–Crippen MR) is 73.0 cm³/mol. The summed E-state index contributed by atoms with van der Waals surface area (Å²) in [5.41, 5.74) is 9.13. The monoisotopic (exact) mass is 245 g/mol. The third-order valence-corrected chi connectivity index (χ3v) is 3.66. The van der Waals surface area contributed by atoms with E-state index in [1.165, 1.54) is 11.1 Å². The smallest absolute Gasteiger partial charge is 0.225 e. The zero-order valence-electron chi connectivity index (χ0n) is 11.1. The lowest BCUT2D eigenvalue weighted by Crippen LogP contribution is -2.25. The van der Waals surface area contributed by atoms with Gasteiger partial charge in [-0.2, -0.15) is 0 Å². The molecule has 3 heteroatoms. The molecule has 0 bridgehead atoms. The van der Waals surface area contributed by atoms with Crippen LogP contribution in [0, 0.1) is 6.42 Å². The standard InChI is InChI=1S/C15H21N2O/c1-3-17(2)10-11-7-8-13-12(9-11)5-4-6-14(13)15(16)18/h6-9,14H,3-5,10H2,1-2H3,(H2,16,18). The van der Waals surface area contributed by atoms with Crippen LogP contribution in [-0.2, 0) is 17.8 Å². The van der Waals surface area contributed by atoms with E-state index in [-0.39, 0.29) is 11.8 Å². The van der Waals surface area contributed by atoms with Crippen LogP contribution in [0.3, 0.4) is 0 Å². The Labute approximate surface area is 109 Å². The van der Waals surface area contributed by atoms with Crippen molar-refractivity contribution >= 4 is 5.91 Å². The van der Waals surface area contributed by atoms with Gasteiger partial charge < -0.3 is 10.6 Å². The molecule has 0 aromatic heterocycles. The maximum Gasteiger partial charge on any atom is 0.225 e. The Morgan fingerprint density at radius 2 is 2.28 bits per heavy atom. The van der Waals surface area contributed by atoms with Crippen LogP contribution in [0.1, 0.15) is 36.0 Å². The quantitative estimate of drug-likeness (QED) is 0.880. The number of benzene rings is 1. The number of carbonyl (C=O) groups excluding carboxylic acids is 1. The number of carbonyl (C=O) groups is 1. The van der Waals surface area contributed by atoms with Crippen molar-refractivity contribution in [2.45, 2.75) is 32.2 Å². The zero-order valence-corrected chi connectivity index (χ0v) is 11.1. The molecule has 1 aliphatic carbocycles. The van der Waals surface area contributed by atoms with Crippen molar-refractivity contribution in [1.82, 2.24) is 4.90 Å². The van der Waals surface area contributed by atoms with Gasteiger partial charge in [0.15, 0.2) is 0 Å². The van der Waals surface area contributed by atoms with Crippen LogP contribution in [0.5, 0.6) is 0 Å². The van der Waals surface area contributed by atoms with E-state index >= 15 is 0 Å². The van der Waals surface area contributed by atoms with E-state index < -0.39 is 0 Å². The lowest BCUT2D eigenvalue weighted by Gasteiger charge is -2.24. The Morgan fingerprint density at radius 1 is 1.50 bits per heavy atom. The molecule has 18 heavy (non-hydrogen) atoms. The number of amides is 1. The van der Waals surface area contributed by atoms with Crippen LogP contribution in [0.25, 0.3) is 0 Å². The molecule has 3 nitrogen and oxygen atoms in total. The Bertz CT molecular complexity index is 442. The van der Waals surface area contributed by atoms with Crippen molar-refractivity contribution < 1.29 is 4.79 Å². The van der Waals surface area contributed by atoms with Crippen LogP contribution >= 0.6 is 0 Å². The molecule has 0 heterocycles. The maximum atomic E-state index is 11.4. The van der Waals surface area contributed by atoms with Crippen molar-refractivity contribution in [1.29, 1.82) is 0 Å². The first-order chi connectivity index (χ1) is 8.61. The minimum atomic E-state index is -0.241. The van der Waals surface area contributed by atoms with Gasteiger partial charge in [-0.1, -0.05) is 25.1 Å². The van der Waals surface area contributed by atoms with Crippen molar-refractivity contribution in [2.24, 2.45) is 5.73 Å². The minimum Gasteiger partial charge on any atom is -0.369 e. The number of primary amides is 1. The van der Waals surface area contributed by atoms with Gasteiger partial charge in [0, 0.05) is 6.54 Å². The molecule has 0 saturated carbocycles. The number of nitrogens with two attached hydrogens (primary N) is 1. The van der Waals surface area contributed by atoms with E-state index in [9.17, 15) is 4.79 Å². The summed E-state index contributed by atoms with van der Waals surface area (Å²) in [4.78, 5) is 13.7. The summed E-state index contributed by atoms with van der Waals surface area (Å²) in [5, 5.41) is 0. The normalized spacial score (nSPS) is 18.7. The number of hydrogen-bond donors (Lipinski definition) is 1. The van der Waals surface area contributed by atoms with E-state index in [0.717, 1.165) is 31.5 Å². The molecule has 1 aromatic rings. The first kappa shape index (κ1) is 13.1. The lowest BCUT2D eigenvalue weighted by molar-refractivity contribution is -0.118. The van der Waals surface area contributed by atoms with E-state index in [0.29, 0.717) is 0 Å². The first-order valence-electron chi connectivity index (χ1n) is 6.54. The molecular weight excluding hydrogens is 224 g/mol. The summed E-state index contributed by atoms with van der Waals surface area (Å²) >= 11 is 0. The Kier molecular flexibility index (Phi) is 4.02. The van der Waals surface area contributed by atoms with E-state index in [1.807, 2.05) is 6.42 Å². The second kappa shape index (κ2) is 5.53. The van der Waals surface area contributed by atoms with E-state index in [1.54, 1.807) is 0 Å². The Hall–Kier alpha value is -1.35. The van der Waals surface area contributed by atoms with Crippen molar-refractivity contribution in [3.05, 3.63) is 41.3 Å². The van der Waals surface area contributed by atoms with Gasteiger partial charge in [-0.3, -0.25) is 4.79 Å². The fraction of sp³-hybridized carbons (Fsp3) is 0.467. The van der Waals surface area contributed by atoms with Gasteiger partial charge in [-0.25, -0.2) is 0 Å². The molecule has 2 rings (SSSR count). The van der Waals surface area contributed by atoms with Gasteiger partial charge in [0.05, 0.1) is 5.92 Å². The minimum absolute atomic E-state index is 0.202. The highest BCUT2D eigenvalue weighted by Gasteiger charge is 2.24. The highest BCUT2D eigenvalue weighted by atomic mass is 16.1. The van der Waals surface area contributed by atoms with Crippen LogP contribution in [-0.4, -0.2) is 24.4 Å². The van der Waals surface area contributed by atoms with Gasteiger partial charge in [0.25, 0.3) is 0 Å². The van der Waals surface area contributed by atoms with Crippen molar-refractivity contribution in [3.63, 3.8) is 0 Å². The topological polar surface area (TPSA) is 46.3 Å². The molecule has 2 N–H and O–H groups in total. The van der Waals surface area contributed by atoms with Crippen LogP contribution in [0.2, 0.25) is 0 Å². The summed E-state index contributed by atoms with van der Waals surface area (Å²) < 4.78 is 0. The molecular formula is C15H21N2O. The summed E-state index contributed by atoms with van der Waals surface area (Å²) in [7, 11) is 2.11. The Morgan fingerprint density at radius 3 is 2.94 bits per heavy atom. The molecule has 1 radical (unpaired) electrons. The average Bonchev–Trinajstić information content (AvgIpc) is 2.37. The van der Waals surface area contributed by atoms with Gasteiger partial charge >= 0.3 is 0 Å². The van der Waals surface area contributed by atoms with Crippen LogP contribution in [0.15, 0.2) is 18.2 Å². The van der Waals surface area contributed by atoms with Gasteiger partial charge in [0.1, 0.15) is 0 Å². The van der Waals surface area contributed by atoms with Gasteiger partial charge in [-0.15, -0.1) is 0 Å². The van der Waals surface area contributed by atoms with E-state index in [4.69, 9.17) is 5.73 Å². The Balaban J connectivity index is 2.24. The van der Waals surface area contributed by atoms with Crippen LogP contribution in [0.4, 0.5) is 0 Å². The molecule has 1 amide bonds. The molecule has 1 aliphatic rings. The summed E-state index contributed by atoms with van der Waals surface area (Å²) in [5.74, 6) is -0.443. The van der Waals surface area contributed by atoms with E-state index in [2.05, 4.69) is 37.1 Å². The molecule has 1 aromatic carbocycles. The second-order valence-corrected chi connectivity index (χ2v) is 5.02. The zero-order chi connectivity index (χ0) is 13.1. The van der Waals surface area contributed by atoms with Gasteiger partial charge in [-0.05, 0) is 49.5 Å². The predicted octanol–water partition coefficient (Wildman–Crippen LogP) is 1.86. The fourth-order valence-electron chi connectivity index (χ4n) is 2.50. The number of aryl methyl sites for hydroxylation is 1. The fourth-order valence-corrected chi connectivity index (χ4v) is 2.50. The molecule has 1 atom stereocenters. The summed E-state index contributed by atoms with van der Waals surface area (Å²) in [6, 6.07) is 6.41. The number of fused-ring (bicyclic) bond motifs is 1. The summed E-state index contributed by atoms with van der Waals surface area (Å²) in [6.07, 6.45) is 3.99. The third-order valence-electron chi connectivity index (χ3n) is 3.66. The molecule has 97 valence electrons. The SMILES string of the molecule is CCN(C)Cc1ccc2c(c1)CC[CH]C2C(N)=O. The molecule has 0 aliphatic heterocycles. The summed E-state index contributed by atoms with van der Waals surface area (Å²) in [6.45, 7) is 4.14. The second-order valence-electron chi connectivity index (χ2n) is 5.02. The highest BCUT2D eigenvalue weighted by molar-refractivity contribution is 5.84. The van der Waals surface area contributed by atoms with Crippen molar-refractivity contribution in [3.8, 4) is 0 Å². The first-order valence-corrected chi connectivity index (χ1v) is 6.54. The third kappa shape index (κ3) is 2.72. The lowest BCUT2D eigenvalue weighted by atomic mass is 9.81. The van der Waals surface area contributed by atoms with Crippen LogP contribution < -0.4 is 5.73 Å². The van der Waals surface area contributed by atoms with Crippen molar-refractivity contribution in [2.75, 3.05) is 13.6 Å². The molecule has 0 fully saturated rings. The maximum absolute atomic E-state index is 11.4. The molecule has 1 unspecified atom stereocenters. The number of nitrogens with zero attached hydrogens (tertiary/aromatic N) is 1. The highest BCUT2D eigenvalue weighted by Crippen LogP contribution is 2.31. The molecule has 0 spiro atoms. The number of rotatable bonds is 4. The van der Waals surface area contributed by atoms with Gasteiger partial charge in [0.2, 0.25) is 5.91 Å². The molecule has 0 saturated heterocycles.